The number of halogens is 2. The van der Waals surface area contributed by atoms with Gasteiger partial charge in [0.15, 0.2) is 18.5 Å². The number of nitrogens with one attached hydrogen (secondary N) is 2. The van der Waals surface area contributed by atoms with Gasteiger partial charge in [-0.25, -0.2) is 8.78 Å². The van der Waals surface area contributed by atoms with Crippen molar-refractivity contribution in [1.29, 1.82) is 5.41 Å². The Labute approximate surface area is 177 Å². The monoisotopic (exact) mass is 426 g/mol. The summed E-state index contributed by atoms with van der Waals surface area (Å²) in [4.78, 5) is 12.6. The van der Waals surface area contributed by atoms with E-state index in [0.717, 1.165) is 12.1 Å². The Kier molecular flexibility index (Phi) is 6.56. The number of ether oxygens (including phenoxy) is 1. The van der Waals surface area contributed by atoms with E-state index in [4.69, 9.17) is 15.9 Å². The van der Waals surface area contributed by atoms with E-state index in [2.05, 4.69) is 5.32 Å². The lowest BCUT2D eigenvalue weighted by molar-refractivity contribution is -0.605. The minimum Gasteiger partial charge on any atom is -0.619 e. The van der Waals surface area contributed by atoms with Crippen molar-refractivity contribution < 1.29 is 23.0 Å². The first-order chi connectivity index (χ1) is 14.8. The van der Waals surface area contributed by atoms with Crippen LogP contribution in [0.4, 0.5) is 8.78 Å². The van der Waals surface area contributed by atoms with Gasteiger partial charge in [0.1, 0.15) is 17.5 Å². The second-order valence-corrected chi connectivity index (χ2v) is 6.74. The fourth-order valence-corrected chi connectivity index (χ4v) is 3.05. The first-order valence-electron chi connectivity index (χ1n) is 9.22. The van der Waals surface area contributed by atoms with Crippen molar-refractivity contribution in [1.82, 2.24) is 5.32 Å². The van der Waals surface area contributed by atoms with Crippen LogP contribution < -0.4 is 15.8 Å². The molecule has 0 aliphatic heterocycles. The number of amides is 1. The number of nitrogens with zero attached hydrogens (tertiary/aromatic N) is 1. The molecule has 2 aromatic carbocycles. The number of carbonyl (C=O) groups excluding carboxylic acids is 1. The van der Waals surface area contributed by atoms with Crippen LogP contribution in [-0.2, 0) is 16.1 Å². The normalized spacial score (nSPS) is 11.7. The molecule has 0 aliphatic rings. The highest BCUT2D eigenvalue weighted by Gasteiger charge is 2.27. The maximum atomic E-state index is 14.8. The molecule has 0 saturated carbocycles. The van der Waals surface area contributed by atoms with Crippen molar-refractivity contribution in [3.63, 3.8) is 0 Å². The third-order valence-corrected chi connectivity index (χ3v) is 4.68. The van der Waals surface area contributed by atoms with E-state index >= 15 is 0 Å². The van der Waals surface area contributed by atoms with E-state index in [1.165, 1.54) is 31.6 Å². The smallest absolute Gasteiger partial charge is 0.254 e. The fraction of sp³-hybridized carbons (Fsp3) is 0.136. The third kappa shape index (κ3) is 5.01. The maximum Gasteiger partial charge on any atom is 0.254 e. The van der Waals surface area contributed by atoms with Gasteiger partial charge in [-0.05, 0) is 28.8 Å². The minimum absolute atomic E-state index is 0.0767. The number of nitrogens with two attached hydrogens (primary N) is 1. The van der Waals surface area contributed by atoms with E-state index in [1.807, 2.05) is 0 Å². The van der Waals surface area contributed by atoms with Gasteiger partial charge >= 0.3 is 0 Å². The molecule has 160 valence electrons. The molecule has 3 aromatic rings. The van der Waals surface area contributed by atoms with Crippen LogP contribution in [0.15, 0.2) is 60.9 Å². The van der Waals surface area contributed by atoms with E-state index in [9.17, 15) is 18.8 Å². The Hall–Kier alpha value is -3.85. The number of methoxy groups -OCH3 is 1. The Balaban J connectivity index is 1.78. The summed E-state index contributed by atoms with van der Waals surface area (Å²) in [5, 5.41) is 21.1. The Bertz CT molecular complexity index is 1080. The molecule has 4 N–H and O–H groups in total. The molecule has 0 aliphatic carbocycles. The molecule has 9 heteroatoms. The Morgan fingerprint density at radius 3 is 2.23 bits per heavy atom. The summed E-state index contributed by atoms with van der Waals surface area (Å²) >= 11 is 0. The number of rotatable bonds is 7. The van der Waals surface area contributed by atoms with Gasteiger partial charge in [0.2, 0.25) is 0 Å². The summed E-state index contributed by atoms with van der Waals surface area (Å²) in [7, 11) is 1.18. The van der Waals surface area contributed by atoms with Crippen LogP contribution in [0, 0.1) is 22.3 Å². The van der Waals surface area contributed by atoms with E-state index in [-0.39, 0.29) is 17.9 Å². The fourth-order valence-electron chi connectivity index (χ4n) is 3.05. The van der Waals surface area contributed by atoms with E-state index < -0.39 is 29.2 Å². The summed E-state index contributed by atoms with van der Waals surface area (Å²) in [5.74, 6) is -2.67. The molecule has 0 fully saturated rings. The average Bonchev–Trinajstić information content (AvgIpc) is 2.75. The van der Waals surface area contributed by atoms with Gasteiger partial charge < -0.3 is 21.0 Å². The van der Waals surface area contributed by atoms with Gasteiger partial charge in [0.25, 0.3) is 5.91 Å². The number of aromatic nitrogens is 1. The van der Waals surface area contributed by atoms with Gasteiger partial charge in [0, 0.05) is 31.4 Å². The molecule has 1 heterocycles. The van der Waals surface area contributed by atoms with Crippen LogP contribution in [0.2, 0.25) is 0 Å². The number of carbonyl (C=O) groups is 1. The highest BCUT2D eigenvalue weighted by atomic mass is 19.1. The molecule has 1 unspecified atom stereocenters. The highest BCUT2D eigenvalue weighted by Crippen LogP contribution is 2.29. The Morgan fingerprint density at radius 2 is 1.71 bits per heavy atom. The average molecular weight is 426 g/mol. The predicted octanol–water partition coefficient (Wildman–Crippen LogP) is 2.55. The van der Waals surface area contributed by atoms with E-state index in [0.29, 0.717) is 21.4 Å². The number of hydrogen-bond acceptors (Lipinski definition) is 4. The molecule has 31 heavy (non-hydrogen) atoms. The van der Waals surface area contributed by atoms with Gasteiger partial charge in [-0.2, -0.15) is 4.73 Å². The van der Waals surface area contributed by atoms with Gasteiger partial charge in [-0.3, -0.25) is 10.2 Å². The standard InChI is InChI=1S/C22H20F2N4O3/c1-31-20(22(29)27-12-13-2-4-15(5-3-13)21(25)26)19-17(23)10-16(11-18(19)24)14-6-8-28(30)9-7-14/h2-11,20H,12H2,1H3,(H3,25,26)(H,27,29). The maximum absolute atomic E-state index is 14.8. The summed E-state index contributed by atoms with van der Waals surface area (Å²) in [5.41, 5.74) is 6.82. The summed E-state index contributed by atoms with van der Waals surface area (Å²) in [6.07, 6.45) is 0.936. The SMILES string of the molecule is COC(C(=O)NCc1ccc(C(=N)N)cc1)c1c(F)cc(-c2cc[n+]([O-])cc2)cc1F. The molecule has 0 radical (unpaired) electrons. The van der Waals surface area contributed by atoms with E-state index in [1.54, 1.807) is 24.3 Å². The van der Waals surface area contributed by atoms with Crippen molar-refractivity contribution in [2.75, 3.05) is 7.11 Å². The molecule has 3 rings (SSSR count). The van der Waals surface area contributed by atoms with Crippen molar-refractivity contribution in [2.45, 2.75) is 12.6 Å². The number of hydrogen-bond donors (Lipinski definition) is 3. The zero-order chi connectivity index (χ0) is 22.5. The molecule has 7 nitrogen and oxygen atoms in total. The lowest BCUT2D eigenvalue weighted by Gasteiger charge is -2.18. The van der Waals surface area contributed by atoms with Gasteiger partial charge in [-0.1, -0.05) is 24.3 Å². The summed E-state index contributed by atoms with van der Waals surface area (Å²) < 4.78 is 35.2. The van der Waals surface area contributed by atoms with Crippen molar-refractivity contribution >= 4 is 11.7 Å². The number of benzene rings is 2. The zero-order valence-electron chi connectivity index (χ0n) is 16.6. The van der Waals surface area contributed by atoms with Crippen molar-refractivity contribution in [2.24, 2.45) is 5.73 Å². The second kappa shape index (κ2) is 9.31. The molecular formula is C22H20F2N4O3. The molecule has 1 amide bonds. The number of pyridine rings is 1. The highest BCUT2D eigenvalue weighted by molar-refractivity contribution is 5.94. The number of amidine groups is 1. The molecule has 0 bridgehead atoms. The molecule has 0 saturated heterocycles. The van der Waals surface area contributed by atoms with Crippen molar-refractivity contribution in [3.05, 3.63) is 94.5 Å². The third-order valence-electron chi connectivity index (χ3n) is 4.68. The topological polar surface area (TPSA) is 115 Å². The lowest BCUT2D eigenvalue weighted by atomic mass is 10.0. The summed E-state index contributed by atoms with van der Waals surface area (Å²) in [6, 6.07) is 11.7. The second-order valence-electron chi connectivity index (χ2n) is 6.74. The molecule has 1 atom stereocenters. The molecule has 0 spiro atoms. The van der Waals surface area contributed by atoms with Crippen LogP contribution in [0.3, 0.4) is 0 Å². The van der Waals surface area contributed by atoms with Crippen LogP contribution >= 0.6 is 0 Å². The largest absolute Gasteiger partial charge is 0.619 e. The van der Waals surface area contributed by atoms with Crippen LogP contribution in [0.5, 0.6) is 0 Å². The first-order valence-corrected chi connectivity index (χ1v) is 9.22. The predicted molar refractivity (Wildman–Crippen MR) is 110 cm³/mol. The lowest BCUT2D eigenvalue weighted by Crippen LogP contribution is -2.31. The Morgan fingerprint density at radius 1 is 1.13 bits per heavy atom. The van der Waals surface area contributed by atoms with Gasteiger partial charge in [0.05, 0.1) is 5.56 Å². The van der Waals surface area contributed by atoms with Crippen LogP contribution in [-0.4, -0.2) is 18.9 Å². The molecule has 1 aromatic heterocycles. The molecular weight excluding hydrogens is 406 g/mol. The van der Waals surface area contributed by atoms with Crippen molar-refractivity contribution in [3.8, 4) is 11.1 Å². The summed E-state index contributed by atoms with van der Waals surface area (Å²) in [6.45, 7) is 0.0947. The quantitative estimate of drug-likeness (QED) is 0.233. The first kappa shape index (κ1) is 21.8. The van der Waals surface area contributed by atoms with Gasteiger partial charge in [-0.15, -0.1) is 0 Å². The zero-order valence-corrected chi connectivity index (χ0v) is 16.6. The van der Waals surface area contributed by atoms with Crippen LogP contribution in [0.25, 0.3) is 11.1 Å². The van der Waals surface area contributed by atoms with Crippen LogP contribution in [0.1, 0.15) is 22.8 Å². The number of nitrogen functional groups attached to an aromatic ring is 1. The minimum atomic E-state index is -1.50.